The summed E-state index contributed by atoms with van der Waals surface area (Å²) in [6, 6.07) is 2.87. The first-order valence-electron chi connectivity index (χ1n) is 5.03. The Morgan fingerprint density at radius 2 is 2.18 bits per heavy atom. The lowest BCUT2D eigenvalue weighted by atomic mass is 10.2. The summed E-state index contributed by atoms with van der Waals surface area (Å²) in [5.41, 5.74) is 5.69. The highest BCUT2D eigenvalue weighted by Crippen LogP contribution is 2.36. The van der Waals surface area contributed by atoms with E-state index in [-0.39, 0.29) is 28.9 Å². The molecule has 1 fully saturated rings. The van der Waals surface area contributed by atoms with Gasteiger partial charge in [-0.2, -0.15) is 0 Å². The summed E-state index contributed by atoms with van der Waals surface area (Å²) in [6.07, 6.45) is 1.73. The van der Waals surface area contributed by atoms with E-state index in [0.29, 0.717) is 4.47 Å². The number of nitro groups is 1. The Bertz CT molecular complexity index is 500. The van der Waals surface area contributed by atoms with Crippen LogP contribution in [-0.2, 0) is 4.79 Å². The van der Waals surface area contributed by atoms with Gasteiger partial charge in [-0.1, -0.05) is 15.9 Å². The molecule has 0 saturated heterocycles. The van der Waals surface area contributed by atoms with E-state index in [2.05, 4.69) is 21.2 Å². The van der Waals surface area contributed by atoms with Crippen LogP contribution < -0.4 is 11.1 Å². The van der Waals surface area contributed by atoms with E-state index in [9.17, 15) is 14.9 Å². The van der Waals surface area contributed by atoms with Crippen LogP contribution in [0.5, 0.6) is 0 Å². The summed E-state index contributed by atoms with van der Waals surface area (Å²) in [5, 5.41) is 13.4. The number of hydrogen-bond donors (Lipinski definition) is 2. The van der Waals surface area contributed by atoms with E-state index < -0.39 is 4.92 Å². The number of benzene rings is 1. The number of nitro benzene ring substituents is 1. The summed E-state index contributed by atoms with van der Waals surface area (Å²) in [7, 11) is 0. The lowest BCUT2D eigenvalue weighted by molar-refractivity contribution is -0.383. The fourth-order valence-electron chi connectivity index (χ4n) is 1.44. The Hall–Kier alpha value is -1.63. The quantitative estimate of drug-likeness (QED) is 0.508. The second-order valence-electron chi connectivity index (χ2n) is 3.91. The number of nitrogens with two attached hydrogens (primary N) is 1. The minimum atomic E-state index is -0.577. The fourth-order valence-corrected chi connectivity index (χ4v) is 1.88. The largest absolute Gasteiger partial charge is 0.391 e. The van der Waals surface area contributed by atoms with Gasteiger partial charge in [-0.25, -0.2) is 0 Å². The van der Waals surface area contributed by atoms with Crippen LogP contribution >= 0.6 is 15.9 Å². The molecule has 0 bridgehead atoms. The van der Waals surface area contributed by atoms with Gasteiger partial charge in [-0.3, -0.25) is 14.9 Å². The van der Waals surface area contributed by atoms with Crippen molar-refractivity contribution in [1.82, 2.24) is 0 Å². The molecule has 1 aromatic rings. The summed E-state index contributed by atoms with van der Waals surface area (Å²) < 4.78 is 0.504. The highest BCUT2D eigenvalue weighted by atomic mass is 79.9. The van der Waals surface area contributed by atoms with Gasteiger partial charge in [-0.05, 0) is 18.9 Å². The van der Waals surface area contributed by atoms with Crippen LogP contribution in [0.4, 0.5) is 17.1 Å². The van der Waals surface area contributed by atoms with E-state index in [1.165, 1.54) is 6.07 Å². The zero-order valence-corrected chi connectivity index (χ0v) is 10.4. The van der Waals surface area contributed by atoms with Gasteiger partial charge in [0.15, 0.2) is 0 Å². The Morgan fingerprint density at radius 3 is 2.71 bits per heavy atom. The van der Waals surface area contributed by atoms with Crippen LogP contribution in [0.15, 0.2) is 16.6 Å². The molecule has 0 aromatic heterocycles. The van der Waals surface area contributed by atoms with Crippen LogP contribution in [0.25, 0.3) is 0 Å². The van der Waals surface area contributed by atoms with Crippen molar-refractivity contribution >= 4 is 38.9 Å². The van der Waals surface area contributed by atoms with Crippen molar-refractivity contribution in [1.29, 1.82) is 0 Å². The van der Waals surface area contributed by atoms with Gasteiger partial charge < -0.3 is 11.1 Å². The molecule has 2 rings (SSSR count). The van der Waals surface area contributed by atoms with Gasteiger partial charge in [0.1, 0.15) is 5.69 Å². The molecule has 1 aliphatic carbocycles. The molecular formula is C10H10BrN3O3. The molecule has 0 unspecified atom stereocenters. The van der Waals surface area contributed by atoms with Gasteiger partial charge in [0.25, 0.3) is 5.69 Å². The first-order chi connectivity index (χ1) is 7.99. The number of rotatable bonds is 3. The predicted molar refractivity (Wildman–Crippen MR) is 66.6 cm³/mol. The van der Waals surface area contributed by atoms with E-state index >= 15 is 0 Å². The van der Waals surface area contributed by atoms with E-state index in [1.54, 1.807) is 6.07 Å². The molecule has 0 spiro atoms. The number of amides is 1. The first-order valence-corrected chi connectivity index (χ1v) is 5.82. The van der Waals surface area contributed by atoms with Crippen LogP contribution in [0.2, 0.25) is 0 Å². The van der Waals surface area contributed by atoms with Crippen LogP contribution in [-0.4, -0.2) is 10.8 Å². The Kier molecular flexibility index (Phi) is 3.01. The summed E-state index contributed by atoms with van der Waals surface area (Å²) in [4.78, 5) is 21.7. The first kappa shape index (κ1) is 11.8. The number of hydrogen-bond acceptors (Lipinski definition) is 4. The van der Waals surface area contributed by atoms with E-state index in [1.807, 2.05) is 0 Å². The molecule has 7 heteroatoms. The topological polar surface area (TPSA) is 98.3 Å². The third kappa shape index (κ3) is 2.55. The van der Waals surface area contributed by atoms with Crippen LogP contribution in [0.3, 0.4) is 0 Å². The predicted octanol–water partition coefficient (Wildman–Crippen LogP) is 2.29. The Morgan fingerprint density at radius 1 is 1.53 bits per heavy atom. The maximum Gasteiger partial charge on any atom is 0.295 e. The fraction of sp³-hybridized carbons (Fsp3) is 0.300. The maximum absolute atomic E-state index is 11.6. The smallest absolute Gasteiger partial charge is 0.295 e. The Balaban J connectivity index is 2.32. The van der Waals surface area contributed by atoms with Crippen LogP contribution in [0.1, 0.15) is 12.8 Å². The summed E-state index contributed by atoms with van der Waals surface area (Å²) in [5.74, 6) is -0.114. The molecule has 17 heavy (non-hydrogen) atoms. The van der Waals surface area contributed by atoms with Gasteiger partial charge in [-0.15, -0.1) is 0 Å². The van der Waals surface area contributed by atoms with Gasteiger partial charge in [0.2, 0.25) is 5.91 Å². The summed E-state index contributed by atoms with van der Waals surface area (Å²) >= 11 is 3.15. The molecule has 0 heterocycles. The molecular weight excluding hydrogens is 290 g/mol. The van der Waals surface area contributed by atoms with Crippen molar-refractivity contribution < 1.29 is 9.72 Å². The van der Waals surface area contributed by atoms with E-state index in [0.717, 1.165) is 12.8 Å². The second kappa shape index (κ2) is 4.33. The van der Waals surface area contributed by atoms with Crippen LogP contribution in [0, 0.1) is 16.0 Å². The zero-order valence-electron chi connectivity index (χ0n) is 8.77. The number of carbonyl (C=O) groups is 1. The molecule has 1 amide bonds. The van der Waals surface area contributed by atoms with Crippen molar-refractivity contribution in [3.63, 3.8) is 0 Å². The van der Waals surface area contributed by atoms with Crippen molar-refractivity contribution in [3.8, 4) is 0 Å². The number of nitrogen functional groups attached to an aromatic ring is 1. The van der Waals surface area contributed by atoms with Gasteiger partial charge in [0, 0.05) is 16.5 Å². The highest BCUT2D eigenvalue weighted by molar-refractivity contribution is 9.10. The van der Waals surface area contributed by atoms with Gasteiger partial charge >= 0.3 is 0 Å². The minimum Gasteiger partial charge on any atom is -0.391 e. The molecule has 90 valence electrons. The third-order valence-electron chi connectivity index (χ3n) is 2.53. The number of carbonyl (C=O) groups excluding carboxylic acids is 1. The SMILES string of the molecule is Nc1c(NC(=O)C2CC2)cc(Br)cc1[N+](=O)[O-]. The maximum atomic E-state index is 11.6. The normalized spacial score (nSPS) is 14.4. The second-order valence-corrected chi connectivity index (χ2v) is 4.82. The lowest BCUT2D eigenvalue weighted by Gasteiger charge is -2.08. The summed E-state index contributed by atoms with van der Waals surface area (Å²) in [6.45, 7) is 0. The number of halogens is 1. The molecule has 0 atom stereocenters. The Labute approximate surface area is 105 Å². The molecule has 1 aromatic carbocycles. The van der Waals surface area contributed by atoms with Crippen molar-refractivity contribution in [3.05, 3.63) is 26.7 Å². The number of nitrogens with one attached hydrogen (secondary N) is 1. The zero-order chi connectivity index (χ0) is 12.6. The molecule has 1 aliphatic rings. The van der Waals surface area contributed by atoms with Crippen molar-refractivity contribution in [2.45, 2.75) is 12.8 Å². The molecule has 1 saturated carbocycles. The monoisotopic (exact) mass is 299 g/mol. The van der Waals surface area contributed by atoms with Crippen molar-refractivity contribution in [2.24, 2.45) is 5.92 Å². The van der Waals surface area contributed by atoms with Gasteiger partial charge in [0.05, 0.1) is 10.6 Å². The standard InChI is InChI=1S/C10H10BrN3O3/c11-6-3-7(13-10(15)5-1-2-5)9(12)8(4-6)14(16)17/h3-5H,1-2,12H2,(H,13,15). The molecule has 3 N–H and O–H groups in total. The minimum absolute atomic E-state index is 0.0208. The number of anilines is 2. The van der Waals surface area contributed by atoms with E-state index in [4.69, 9.17) is 5.73 Å². The lowest BCUT2D eigenvalue weighted by Crippen LogP contribution is -2.15. The molecule has 0 radical (unpaired) electrons. The van der Waals surface area contributed by atoms with Crippen molar-refractivity contribution in [2.75, 3.05) is 11.1 Å². The third-order valence-corrected chi connectivity index (χ3v) is 2.98. The average molecular weight is 300 g/mol. The molecule has 6 nitrogen and oxygen atoms in total. The number of nitrogens with zero attached hydrogens (tertiary/aromatic N) is 1. The molecule has 0 aliphatic heterocycles. The average Bonchev–Trinajstić information content (AvgIpc) is 3.05. The highest BCUT2D eigenvalue weighted by Gasteiger charge is 2.30.